The van der Waals surface area contributed by atoms with Crippen LogP contribution in [0, 0.1) is 140 Å². The first-order chi connectivity index (χ1) is 42.8. The van der Waals surface area contributed by atoms with Gasteiger partial charge in [-0.25, -0.2) is 92.6 Å². The molecule has 0 fully saturated rings. The van der Waals surface area contributed by atoms with Crippen LogP contribution >= 0.6 is 0 Å². The van der Waals surface area contributed by atoms with E-state index < -0.39 is 293 Å². The molecule has 0 saturated carbocycles. The molecule has 9 nitrogen and oxygen atoms in total. The summed E-state index contributed by atoms with van der Waals surface area (Å²) in [5, 5.41) is -7.79. The molecule has 0 aliphatic rings. The van der Waals surface area contributed by atoms with Crippen molar-refractivity contribution in [3.63, 3.8) is 0 Å². The Morgan fingerprint density at radius 3 is 0.783 bits per heavy atom. The molecule has 92 heavy (non-hydrogen) atoms. The Kier molecular flexibility index (Phi) is 17.4. The van der Waals surface area contributed by atoms with Gasteiger partial charge in [0.2, 0.25) is 46.3 Å². The number of carbonyl (C=O) groups is 1. The molecule has 0 spiro atoms. The monoisotopic (exact) mass is 1340 g/mol. The van der Waals surface area contributed by atoms with Gasteiger partial charge in [-0.05, 0) is 55.4 Å². The second-order valence-electron chi connectivity index (χ2n) is 20.4. The fourth-order valence-electron chi connectivity index (χ4n) is 9.44. The third-order valence-electron chi connectivity index (χ3n) is 13.0. The number of halogens is 24. The van der Waals surface area contributed by atoms with Crippen LogP contribution < -0.4 is 33.2 Å². The van der Waals surface area contributed by atoms with Crippen LogP contribution in [-0.2, 0) is 0 Å². The van der Waals surface area contributed by atoms with Crippen LogP contribution in [0.4, 0.5) is 105 Å². The topological polar surface area (TPSA) is 102 Å². The van der Waals surface area contributed by atoms with Gasteiger partial charge in [-0.15, -0.1) is 0 Å². The molecule has 9 aromatic carbocycles. The van der Waals surface area contributed by atoms with Crippen molar-refractivity contribution in [2.24, 2.45) is 0 Å². The van der Waals surface area contributed by atoms with Crippen molar-refractivity contribution in [1.82, 2.24) is 0 Å². The van der Waals surface area contributed by atoms with Crippen molar-refractivity contribution in [2.45, 2.75) is 79.8 Å². The predicted octanol–water partition coefficient (Wildman–Crippen LogP) is 19.5. The zero-order chi connectivity index (χ0) is 68.5. The van der Waals surface area contributed by atoms with Gasteiger partial charge in [-0.1, -0.05) is 0 Å². The molecule has 9 rings (SSSR count). The first-order valence-corrected chi connectivity index (χ1v) is 25.6. The molecule has 0 atom stereocenters. The highest BCUT2D eigenvalue weighted by atomic mass is 19.2. The number of aromatic carboxylic acids is 1. The summed E-state index contributed by atoms with van der Waals surface area (Å²) in [7, 11) is 0. The van der Waals surface area contributed by atoms with E-state index in [4.69, 9.17) is 33.2 Å². The van der Waals surface area contributed by atoms with Crippen LogP contribution in [0.15, 0.2) is 6.07 Å². The lowest BCUT2D eigenvalue weighted by Crippen LogP contribution is -2.15. The fourth-order valence-corrected chi connectivity index (χ4v) is 9.44. The second kappa shape index (κ2) is 23.9. The minimum atomic E-state index is -3.08. The molecule has 0 bridgehead atoms. The first kappa shape index (κ1) is 66.8. The van der Waals surface area contributed by atoms with Gasteiger partial charge in [0.15, 0.2) is 151 Å². The summed E-state index contributed by atoms with van der Waals surface area (Å²) in [6.45, 7) is 6.98. The molecule has 0 aliphatic carbocycles. The Morgan fingerprint density at radius 2 is 0.489 bits per heavy atom. The predicted molar refractivity (Wildman–Crippen MR) is 270 cm³/mol. The van der Waals surface area contributed by atoms with Crippen molar-refractivity contribution >= 4 is 49.1 Å². The van der Waals surface area contributed by atoms with Crippen LogP contribution in [0.3, 0.4) is 0 Å². The highest BCUT2D eigenvalue weighted by Gasteiger charge is 2.43. The van der Waals surface area contributed by atoms with Gasteiger partial charge >= 0.3 is 5.97 Å². The first-order valence-electron chi connectivity index (χ1n) is 25.6. The molecule has 0 saturated heterocycles. The van der Waals surface area contributed by atoms with Gasteiger partial charge in [0, 0.05) is 22.6 Å². The van der Waals surface area contributed by atoms with E-state index in [0.29, 0.717) is 0 Å². The highest BCUT2D eigenvalue weighted by Crippen LogP contribution is 2.61. The molecular formula is C59H30F24O9. The second-order valence-corrected chi connectivity index (χ2v) is 20.4. The smallest absolute Gasteiger partial charge is 0.336 e. The molecule has 1 N–H and O–H groups in total. The Labute approximate surface area is 496 Å². The summed E-state index contributed by atoms with van der Waals surface area (Å²) in [6.07, 6.45) is -6.99. The van der Waals surface area contributed by atoms with Crippen LogP contribution in [0.2, 0.25) is 0 Å². The fraction of sp³-hybridized carbons (Fsp3) is 0.203. The highest BCUT2D eigenvalue weighted by molar-refractivity contribution is 6.10. The van der Waals surface area contributed by atoms with Gasteiger partial charge in [-0.2, -0.15) is 17.6 Å². The Bertz CT molecular complexity index is 4730. The standard InChI is InChI=1S/C59H30F24O9/c1-10(2)86-51-18(17-19(31(65)46(51)80)27(61)39(73)38(72)26(17)60)16-14(59(84)85)9-15(90-53-23-20(28(62)40(74)43(77)35(23)69)32(66)47(81)56(53)87-11(3)4)50(91-54-24-21(29(63)41(75)44(78)36(24)70)33(67)48(82)57(54)88-12(5)6)52(16)92-55-25-22(30(64)42(76)45(79)37(25)71)34(68)49(83)58(55)89-13(7)8/h9-13H,1-8H3,(H,84,85). The molecule has 0 aliphatic heterocycles. The maximum atomic E-state index is 17.1. The summed E-state index contributed by atoms with van der Waals surface area (Å²) >= 11 is 0. The van der Waals surface area contributed by atoms with E-state index in [9.17, 15) is 9.90 Å². The van der Waals surface area contributed by atoms with Crippen LogP contribution in [0.1, 0.15) is 65.7 Å². The number of carboxylic acids is 1. The van der Waals surface area contributed by atoms with E-state index in [1.807, 2.05) is 0 Å². The number of rotatable bonds is 16. The Hall–Kier alpha value is -9.59. The minimum Gasteiger partial charge on any atom is -0.487 e. The quantitative estimate of drug-likeness (QED) is 0.0576. The van der Waals surface area contributed by atoms with E-state index in [0.717, 1.165) is 55.4 Å². The Balaban J connectivity index is 1.71. The lowest BCUT2D eigenvalue weighted by Gasteiger charge is -2.27. The largest absolute Gasteiger partial charge is 0.487 e. The summed E-state index contributed by atoms with van der Waals surface area (Å²) in [5.74, 6) is -95.4. The van der Waals surface area contributed by atoms with Crippen molar-refractivity contribution in [3.8, 4) is 68.6 Å². The number of hydrogen-bond donors (Lipinski definition) is 1. The van der Waals surface area contributed by atoms with Gasteiger partial charge < -0.3 is 38.3 Å². The van der Waals surface area contributed by atoms with Crippen LogP contribution in [0.25, 0.3) is 54.2 Å². The van der Waals surface area contributed by atoms with Gasteiger partial charge in [0.1, 0.15) is 0 Å². The third kappa shape index (κ3) is 10.3. The van der Waals surface area contributed by atoms with E-state index in [-0.39, 0.29) is 0 Å². The van der Waals surface area contributed by atoms with Gasteiger partial charge in [-0.3, -0.25) is 0 Å². The van der Waals surface area contributed by atoms with Crippen LogP contribution in [-0.4, -0.2) is 35.5 Å². The normalized spacial score (nSPS) is 12.0. The van der Waals surface area contributed by atoms with E-state index in [2.05, 4.69) is 0 Å². The summed E-state index contributed by atoms with van der Waals surface area (Å²) in [5.41, 5.74) is -6.75. The number of fused-ring (bicyclic) bond motifs is 4. The molecule has 0 heterocycles. The maximum absolute atomic E-state index is 17.1. The average Bonchev–Trinajstić information content (AvgIpc) is 0.723. The minimum absolute atomic E-state index is 0.396. The lowest BCUT2D eigenvalue weighted by molar-refractivity contribution is 0.0696. The van der Waals surface area contributed by atoms with Gasteiger partial charge in [0.05, 0.1) is 67.7 Å². The molecule has 0 amide bonds. The number of hydrogen-bond acceptors (Lipinski definition) is 8. The third-order valence-corrected chi connectivity index (χ3v) is 13.0. The summed E-state index contributed by atoms with van der Waals surface area (Å²) < 4.78 is 426. The average molecular weight is 1340 g/mol. The van der Waals surface area contributed by atoms with E-state index >= 15 is 105 Å². The van der Waals surface area contributed by atoms with E-state index in [1.54, 1.807) is 0 Å². The summed E-state index contributed by atoms with van der Waals surface area (Å²) in [4.78, 5) is 14.1. The number of benzene rings is 9. The lowest BCUT2D eigenvalue weighted by atomic mass is 9.90. The molecular weight excluding hydrogens is 1310 g/mol. The molecule has 0 radical (unpaired) electrons. The maximum Gasteiger partial charge on any atom is 0.336 e. The van der Waals surface area contributed by atoms with Crippen molar-refractivity contribution < 1.29 is 148 Å². The molecule has 0 aromatic heterocycles. The van der Waals surface area contributed by atoms with Gasteiger partial charge in [0.25, 0.3) is 0 Å². The Morgan fingerprint density at radius 1 is 0.261 bits per heavy atom. The zero-order valence-corrected chi connectivity index (χ0v) is 46.7. The number of carboxylic acid groups (broad SMARTS) is 1. The molecule has 0 unspecified atom stereocenters. The van der Waals surface area contributed by atoms with Crippen molar-refractivity contribution in [2.75, 3.05) is 0 Å². The molecule has 33 heteroatoms. The van der Waals surface area contributed by atoms with E-state index in [1.165, 1.54) is 0 Å². The van der Waals surface area contributed by atoms with Crippen LogP contribution in [0.5, 0.6) is 57.5 Å². The van der Waals surface area contributed by atoms with Crippen molar-refractivity contribution in [1.29, 1.82) is 0 Å². The molecule has 488 valence electrons. The van der Waals surface area contributed by atoms with Crippen molar-refractivity contribution in [3.05, 3.63) is 151 Å². The zero-order valence-electron chi connectivity index (χ0n) is 46.7. The summed E-state index contributed by atoms with van der Waals surface area (Å²) in [6, 6.07) is -0.396. The SMILES string of the molecule is CC(C)Oc1c(F)c(F)c2c(F)c(F)c(F)c(F)c2c1Oc1cc(C(=O)O)c(-c2c(OC(C)C)c(F)c(F)c3c(F)c(F)c(F)c(F)c23)c(Oc2c(OC(C)C)c(F)c(F)c3c(F)c(F)c(F)c(F)c23)c1Oc1c(OC(C)C)c(F)c(F)c2c(F)c(F)c(F)c(F)c12. The number of ether oxygens (including phenoxy) is 7. The molecule has 9 aromatic rings.